The Balaban J connectivity index is 1.99. The predicted octanol–water partition coefficient (Wildman–Crippen LogP) is -0.722. The molecule has 0 aromatic carbocycles. The fourth-order valence-electron chi connectivity index (χ4n) is 1.86. The Hall–Kier alpha value is -1.40. The van der Waals surface area contributed by atoms with Crippen LogP contribution >= 0.6 is 0 Å². The van der Waals surface area contributed by atoms with Crippen LogP contribution in [-0.4, -0.2) is 28.2 Å². The topological polar surface area (TPSA) is 82.2 Å². The first-order valence-electron chi connectivity index (χ1n) is 4.89. The molecule has 0 bridgehead atoms. The Morgan fingerprint density at radius 3 is 3.27 bits per heavy atom. The first-order chi connectivity index (χ1) is 7.31. The zero-order valence-electron chi connectivity index (χ0n) is 8.30. The van der Waals surface area contributed by atoms with E-state index in [4.69, 9.17) is 10.6 Å². The number of hydrogen-bond donors (Lipinski definition) is 2. The van der Waals surface area contributed by atoms with Gasteiger partial charge in [0.15, 0.2) is 0 Å². The van der Waals surface area contributed by atoms with Crippen LogP contribution in [-0.2, 0) is 16.1 Å². The van der Waals surface area contributed by atoms with Crippen LogP contribution in [0.25, 0.3) is 0 Å². The van der Waals surface area contributed by atoms with Gasteiger partial charge in [-0.15, -0.1) is 0 Å². The lowest BCUT2D eigenvalue weighted by molar-refractivity contribution is -0.132. The Kier molecular flexibility index (Phi) is 2.98. The van der Waals surface area contributed by atoms with Gasteiger partial charge in [0.25, 0.3) is 5.91 Å². The van der Waals surface area contributed by atoms with Crippen molar-refractivity contribution in [1.82, 2.24) is 15.0 Å². The number of ether oxygens (including phenoxy) is 1. The second-order valence-corrected chi connectivity index (χ2v) is 3.61. The van der Waals surface area contributed by atoms with E-state index in [1.165, 1.54) is 0 Å². The van der Waals surface area contributed by atoms with Crippen LogP contribution in [0.15, 0.2) is 18.7 Å². The molecular formula is C9H14N4O2. The summed E-state index contributed by atoms with van der Waals surface area (Å²) >= 11 is 0. The lowest BCUT2D eigenvalue weighted by atomic mass is 10.0. The molecule has 2 rings (SSSR count). The van der Waals surface area contributed by atoms with Gasteiger partial charge in [-0.25, -0.2) is 10.8 Å². The minimum Gasteiger partial charge on any atom is -0.368 e. The second kappa shape index (κ2) is 4.41. The molecule has 2 unspecified atom stereocenters. The first kappa shape index (κ1) is 10.1. The minimum absolute atomic E-state index is 0.169. The molecule has 1 amide bonds. The van der Waals surface area contributed by atoms with Gasteiger partial charge in [-0.2, -0.15) is 0 Å². The van der Waals surface area contributed by atoms with E-state index in [9.17, 15) is 4.79 Å². The third-order valence-electron chi connectivity index (χ3n) is 2.62. The minimum atomic E-state index is -0.433. The molecule has 3 N–H and O–H groups in total. The fourth-order valence-corrected chi connectivity index (χ4v) is 1.86. The van der Waals surface area contributed by atoms with Crippen molar-refractivity contribution in [3.63, 3.8) is 0 Å². The van der Waals surface area contributed by atoms with Crippen molar-refractivity contribution in [2.24, 2.45) is 11.8 Å². The van der Waals surface area contributed by atoms with Crippen molar-refractivity contribution in [2.45, 2.75) is 19.1 Å². The number of nitrogens with two attached hydrogens (primary N) is 1. The molecule has 15 heavy (non-hydrogen) atoms. The van der Waals surface area contributed by atoms with E-state index in [0.717, 1.165) is 13.0 Å². The molecule has 1 aromatic rings. The molecule has 0 radical (unpaired) electrons. The van der Waals surface area contributed by atoms with Gasteiger partial charge < -0.3 is 9.30 Å². The Bertz CT molecular complexity index is 325. The fraction of sp³-hybridized carbons (Fsp3) is 0.556. The summed E-state index contributed by atoms with van der Waals surface area (Å²) in [5.41, 5.74) is 2.13. The molecule has 82 valence electrons. The third kappa shape index (κ3) is 2.16. The van der Waals surface area contributed by atoms with Crippen molar-refractivity contribution in [3.05, 3.63) is 18.7 Å². The van der Waals surface area contributed by atoms with E-state index >= 15 is 0 Å². The Labute approximate surface area is 87.4 Å². The lowest BCUT2D eigenvalue weighted by Gasteiger charge is -2.16. The van der Waals surface area contributed by atoms with Crippen molar-refractivity contribution in [1.29, 1.82) is 0 Å². The maximum Gasteiger partial charge on any atom is 0.263 e. The highest BCUT2D eigenvalue weighted by molar-refractivity contribution is 5.80. The smallest absolute Gasteiger partial charge is 0.263 e. The summed E-state index contributed by atoms with van der Waals surface area (Å²) in [5.74, 6) is 5.01. The number of imidazole rings is 1. The highest BCUT2D eigenvalue weighted by Crippen LogP contribution is 2.22. The lowest BCUT2D eigenvalue weighted by Crippen LogP contribution is -2.42. The molecule has 1 aromatic heterocycles. The van der Waals surface area contributed by atoms with Crippen molar-refractivity contribution in [3.8, 4) is 0 Å². The van der Waals surface area contributed by atoms with Crippen LogP contribution < -0.4 is 11.3 Å². The van der Waals surface area contributed by atoms with Crippen LogP contribution in [0.3, 0.4) is 0 Å². The van der Waals surface area contributed by atoms with Gasteiger partial charge in [-0.1, -0.05) is 0 Å². The van der Waals surface area contributed by atoms with Crippen LogP contribution in [0.5, 0.6) is 0 Å². The average Bonchev–Trinajstić information content (AvgIpc) is 2.88. The van der Waals surface area contributed by atoms with Crippen molar-refractivity contribution >= 4 is 5.91 Å². The summed E-state index contributed by atoms with van der Waals surface area (Å²) in [6.45, 7) is 1.34. The molecule has 0 saturated carbocycles. The van der Waals surface area contributed by atoms with Gasteiger partial charge in [-0.3, -0.25) is 10.2 Å². The number of carbonyl (C=O) groups excluding carboxylic acids is 1. The van der Waals surface area contributed by atoms with Crippen LogP contribution in [0, 0.1) is 5.92 Å². The molecular weight excluding hydrogens is 196 g/mol. The predicted molar refractivity (Wildman–Crippen MR) is 52.4 cm³/mol. The summed E-state index contributed by atoms with van der Waals surface area (Å²) in [4.78, 5) is 15.3. The van der Waals surface area contributed by atoms with Crippen LogP contribution in [0.4, 0.5) is 0 Å². The zero-order valence-corrected chi connectivity index (χ0v) is 8.30. The SMILES string of the molecule is NNC(=O)C1OCCC1Cn1ccnc1. The first-order valence-corrected chi connectivity index (χ1v) is 4.89. The molecule has 0 aliphatic carbocycles. The van der Waals surface area contributed by atoms with E-state index in [2.05, 4.69) is 10.4 Å². The van der Waals surface area contributed by atoms with Gasteiger partial charge in [0.1, 0.15) is 6.10 Å². The molecule has 6 nitrogen and oxygen atoms in total. The monoisotopic (exact) mass is 210 g/mol. The number of carbonyl (C=O) groups is 1. The number of hydrazine groups is 1. The molecule has 1 aliphatic heterocycles. The van der Waals surface area contributed by atoms with E-state index in [0.29, 0.717) is 6.61 Å². The summed E-state index contributed by atoms with van der Waals surface area (Å²) in [7, 11) is 0. The van der Waals surface area contributed by atoms with E-state index in [-0.39, 0.29) is 11.8 Å². The van der Waals surface area contributed by atoms with Crippen molar-refractivity contribution < 1.29 is 9.53 Å². The maximum atomic E-state index is 11.4. The number of rotatable bonds is 3. The van der Waals surface area contributed by atoms with Crippen LogP contribution in [0.1, 0.15) is 6.42 Å². The molecule has 1 saturated heterocycles. The van der Waals surface area contributed by atoms with Crippen molar-refractivity contribution in [2.75, 3.05) is 6.61 Å². The Morgan fingerprint density at radius 2 is 2.60 bits per heavy atom. The third-order valence-corrected chi connectivity index (χ3v) is 2.62. The second-order valence-electron chi connectivity index (χ2n) is 3.61. The maximum absolute atomic E-state index is 11.4. The number of aromatic nitrogens is 2. The summed E-state index contributed by atoms with van der Waals surface area (Å²) in [6, 6.07) is 0. The molecule has 1 aliphatic rings. The van der Waals surface area contributed by atoms with Gasteiger partial charge in [0, 0.05) is 31.5 Å². The molecule has 6 heteroatoms. The zero-order chi connectivity index (χ0) is 10.7. The quantitative estimate of drug-likeness (QED) is 0.392. The number of amides is 1. The normalized spacial score (nSPS) is 25.4. The standard InChI is InChI=1S/C9H14N4O2/c10-12-9(14)8-7(1-4-15-8)5-13-3-2-11-6-13/h2-3,6-8H,1,4-5,10H2,(H,12,14). The summed E-state index contributed by atoms with van der Waals surface area (Å²) < 4.78 is 7.28. The summed E-state index contributed by atoms with van der Waals surface area (Å²) in [6.07, 6.45) is 5.76. The van der Waals surface area contributed by atoms with Gasteiger partial charge in [0.2, 0.25) is 0 Å². The van der Waals surface area contributed by atoms with E-state index < -0.39 is 6.10 Å². The number of nitrogens with one attached hydrogen (secondary N) is 1. The van der Waals surface area contributed by atoms with E-state index in [1.54, 1.807) is 12.5 Å². The largest absolute Gasteiger partial charge is 0.368 e. The molecule has 2 atom stereocenters. The van der Waals surface area contributed by atoms with Gasteiger partial charge in [-0.05, 0) is 6.42 Å². The summed E-state index contributed by atoms with van der Waals surface area (Å²) in [5, 5.41) is 0. The van der Waals surface area contributed by atoms with E-state index in [1.807, 2.05) is 10.8 Å². The van der Waals surface area contributed by atoms with Crippen LogP contribution in [0.2, 0.25) is 0 Å². The number of hydrogen-bond acceptors (Lipinski definition) is 4. The highest BCUT2D eigenvalue weighted by atomic mass is 16.5. The Morgan fingerprint density at radius 1 is 1.73 bits per heavy atom. The number of nitrogens with zero attached hydrogens (tertiary/aromatic N) is 2. The molecule has 2 heterocycles. The highest BCUT2D eigenvalue weighted by Gasteiger charge is 2.33. The molecule has 1 fully saturated rings. The van der Waals surface area contributed by atoms with Gasteiger partial charge >= 0.3 is 0 Å². The average molecular weight is 210 g/mol. The van der Waals surface area contributed by atoms with Gasteiger partial charge in [0.05, 0.1) is 6.33 Å². The molecule has 0 spiro atoms.